The lowest BCUT2D eigenvalue weighted by atomic mass is 9.73. The zero-order valence-electron chi connectivity index (χ0n) is 29.0. The Kier molecular flexibility index (Phi) is 9.85. The van der Waals surface area contributed by atoms with Crippen LogP contribution in [0.25, 0.3) is 0 Å². The van der Waals surface area contributed by atoms with Crippen molar-refractivity contribution < 1.29 is 33.7 Å². The number of aliphatic hydroxyl groups excluding tert-OH is 1. The molecule has 5 heterocycles. The minimum Gasteiger partial charge on any atom is -0.494 e. The summed E-state index contributed by atoms with van der Waals surface area (Å²) in [4.78, 5) is 52.4. The van der Waals surface area contributed by atoms with Gasteiger partial charge in [-0.3, -0.25) is 19.3 Å². The van der Waals surface area contributed by atoms with Gasteiger partial charge in [-0.25, -0.2) is 0 Å². The van der Waals surface area contributed by atoms with Crippen molar-refractivity contribution in [2.24, 2.45) is 11.8 Å². The number of hydrogen-bond acceptors (Lipinski definition) is 8. The van der Waals surface area contributed by atoms with Crippen LogP contribution in [0.3, 0.4) is 0 Å². The van der Waals surface area contributed by atoms with E-state index in [1.807, 2.05) is 92.7 Å². The van der Waals surface area contributed by atoms with Crippen LogP contribution in [0.2, 0.25) is 0 Å². The number of amides is 3. The van der Waals surface area contributed by atoms with E-state index in [9.17, 15) is 14.7 Å². The fraction of sp³-hybridized carbons (Fsp3) is 0.513. The second kappa shape index (κ2) is 14.3. The molecule has 3 amide bonds. The van der Waals surface area contributed by atoms with E-state index in [2.05, 4.69) is 4.90 Å². The lowest BCUT2D eigenvalue weighted by molar-refractivity contribution is -0.155. The van der Waals surface area contributed by atoms with Gasteiger partial charge in [-0.15, -0.1) is 0 Å². The maximum absolute atomic E-state index is 15.1. The van der Waals surface area contributed by atoms with Crippen LogP contribution in [0.15, 0.2) is 78.9 Å². The smallest absolute Gasteiger partial charge is 0.249 e. The summed E-state index contributed by atoms with van der Waals surface area (Å²) < 4.78 is 18.3. The van der Waals surface area contributed by atoms with Crippen molar-refractivity contribution in [3.63, 3.8) is 0 Å². The zero-order valence-corrected chi connectivity index (χ0v) is 29.0. The van der Waals surface area contributed by atoms with Crippen molar-refractivity contribution in [1.82, 2.24) is 14.7 Å². The molecule has 11 nitrogen and oxygen atoms in total. The molecule has 1 N–H and O–H groups in total. The number of nitrogens with zero attached hydrogens (tertiary/aromatic N) is 4. The Bertz CT molecular complexity index is 1610. The molecule has 50 heavy (non-hydrogen) atoms. The Labute approximate surface area is 294 Å². The number of morpholine rings is 1. The van der Waals surface area contributed by atoms with Gasteiger partial charge in [0, 0.05) is 45.0 Å². The summed E-state index contributed by atoms with van der Waals surface area (Å²) in [6, 6.07) is 15.3. The first-order valence-corrected chi connectivity index (χ1v) is 18.0. The van der Waals surface area contributed by atoms with Crippen LogP contribution in [-0.2, 0) is 30.3 Å². The molecule has 0 aromatic heterocycles. The largest absolute Gasteiger partial charge is 0.494 e. The summed E-state index contributed by atoms with van der Waals surface area (Å²) in [5, 5.41) is 10.9. The highest BCUT2D eigenvalue weighted by Gasteiger charge is 2.76. The van der Waals surface area contributed by atoms with Gasteiger partial charge < -0.3 is 34.0 Å². The van der Waals surface area contributed by atoms with Gasteiger partial charge in [0.05, 0.1) is 49.9 Å². The van der Waals surface area contributed by atoms with Gasteiger partial charge in [0.25, 0.3) is 0 Å². The second-order valence-electron chi connectivity index (χ2n) is 13.8. The number of carbonyl (C=O) groups excluding carboxylic acids is 3. The van der Waals surface area contributed by atoms with Crippen LogP contribution >= 0.6 is 0 Å². The van der Waals surface area contributed by atoms with E-state index < -0.39 is 35.1 Å². The average molecular weight is 685 g/mol. The molecule has 5 aliphatic heterocycles. The Morgan fingerprint density at radius 1 is 0.880 bits per heavy atom. The molecule has 6 atom stereocenters. The van der Waals surface area contributed by atoms with Crippen LogP contribution in [0.4, 0.5) is 5.69 Å². The molecule has 11 heteroatoms. The average Bonchev–Trinajstić information content (AvgIpc) is 3.44. The maximum atomic E-state index is 15.1. The quantitative estimate of drug-likeness (QED) is 0.360. The summed E-state index contributed by atoms with van der Waals surface area (Å²) in [7, 11) is 0. The van der Waals surface area contributed by atoms with E-state index in [0.717, 1.165) is 18.7 Å². The molecule has 3 fully saturated rings. The number of anilines is 1. The summed E-state index contributed by atoms with van der Waals surface area (Å²) in [6.07, 6.45) is 8.49. The standard InChI is InChI=1S/C39H48N4O7/c1-3-38-16-8-19-42(29-12-14-31(15-13-29)49-4-2)35(45)32(38)33-36(46)43(30(27-44)26-28-10-6-5-7-11-28)34-37(47)41(18-9-17-39(33,34)50-38)21-20-40-22-24-48-25-23-40/h5-17,30,32-34,44H,3-4,18-27H2,1-2H3/t30-,32+,33+,34?,38-,39+/m1/s1. The van der Waals surface area contributed by atoms with Gasteiger partial charge in [-0.1, -0.05) is 61.6 Å². The van der Waals surface area contributed by atoms with Gasteiger partial charge in [0.2, 0.25) is 17.7 Å². The van der Waals surface area contributed by atoms with E-state index in [4.69, 9.17) is 14.2 Å². The van der Waals surface area contributed by atoms with E-state index >= 15 is 4.79 Å². The van der Waals surface area contributed by atoms with E-state index in [1.165, 1.54) is 0 Å². The first kappa shape index (κ1) is 34.4. The monoisotopic (exact) mass is 684 g/mol. The predicted octanol–water partition coefficient (Wildman–Crippen LogP) is 2.68. The van der Waals surface area contributed by atoms with E-state index in [-0.39, 0.29) is 24.3 Å². The normalized spacial score (nSPS) is 30.2. The van der Waals surface area contributed by atoms with Crippen LogP contribution in [-0.4, -0.2) is 127 Å². The van der Waals surface area contributed by atoms with Gasteiger partial charge in [-0.05, 0) is 49.6 Å². The van der Waals surface area contributed by atoms with Gasteiger partial charge in [0.1, 0.15) is 17.4 Å². The van der Waals surface area contributed by atoms with Crippen LogP contribution < -0.4 is 9.64 Å². The third-order valence-corrected chi connectivity index (χ3v) is 11.1. The first-order valence-electron chi connectivity index (χ1n) is 18.0. The molecule has 2 aromatic rings. The molecule has 7 rings (SSSR count). The number of carbonyl (C=O) groups is 3. The number of ether oxygens (including phenoxy) is 3. The Morgan fingerprint density at radius 3 is 2.32 bits per heavy atom. The number of fused-ring (bicyclic) bond motifs is 2. The third-order valence-electron chi connectivity index (χ3n) is 11.1. The second-order valence-corrected chi connectivity index (χ2v) is 13.8. The van der Waals surface area contributed by atoms with Crippen LogP contribution in [0.5, 0.6) is 5.75 Å². The predicted molar refractivity (Wildman–Crippen MR) is 188 cm³/mol. The minimum atomic E-state index is -1.41. The molecule has 1 unspecified atom stereocenters. The van der Waals surface area contributed by atoms with Crippen molar-refractivity contribution >= 4 is 23.4 Å². The van der Waals surface area contributed by atoms with Crippen molar-refractivity contribution in [3.8, 4) is 5.75 Å². The molecule has 0 bridgehead atoms. The third kappa shape index (κ3) is 5.93. The number of hydrogen-bond donors (Lipinski definition) is 1. The molecule has 0 radical (unpaired) electrons. The van der Waals surface area contributed by atoms with Gasteiger partial charge >= 0.3 is 0 Å². The molecule has 2 aromatic carbocycles. The van der Waals surface area contributed by atoms with Crippen molar-refractivity contribution in [2.45, 2.75) is 50.0 Å². The Balaban J connectivity index is 1.29. The van der Waals surface area contributed by atoms with E-state index in [0.29, 0.717) is 70.3 Å². The topological polar surface area (TPSA) is 112 Å². The summed E-state index contributed by atoms with van der Waals surface area (Å²) in [5.41, 5.74) is -0.892. The first-order chi connectivity index (χ1) is 24.4. The molecule has 5 aliphatic rings. The molecule has 3 saturated heterocycles. The molecule has 0 saturated carbocycles. The molecule has 0 aliphatic carbocycles. The number of aliphatic hydroxyl groups is 1. The summed E-state index contributed by atoms with van der Waals surface area (Å²) >= 11 is 0. The molecule has 266 valence electrons. The molecular weight excluding hydrogens is 636 g/mol. The zero-order chi connectivity index (χ0) is 34.9. The number of rotatable bonds is 11. The number of likely N-dealkylation sites (tertiary alicyclic amines) is 1. The van der Waals surface area contributed by atoms with E-state index in [1.54, 1.807) is 14.7 Å². The lowest BCUT2D eigenvalue weighted by Crippen LogP contribution is -2.59. The van der Waals surface area contributed by atoms with Crippen molar-refractivity contribution in [3.05, 3.63) is 84.5 Å². The van der Waals surface area contributed by atoms with Crippen molar-refractivity contribution in [2.75, 3.05) is 70.6 Å². The molecule has 1 spiro atoms. The van der Waals surface area contributed by atoms with Gasteiger partial charge in [-0.2, -0.15) is 0 Å². The fourth-order valence-corrected chi connectivity index (χ4v) is 8.69. The SMILES string of the molecule is CCOc1ccc(N2CC=C[C@@]3(CC)O[C@]45C=CCN(CCN6CCOCC6)C(=O)C4N([C@@H](CO)Cc4ccccc4)C(=O)[C@@H]5[C@H]3C2=O)cc1. The summed E-state index contributed by atoms with van der Waals surface area (Å²) in [5.74, 6) is -1.96. The highest BCUT2D eigenvalue weighted by molar-refractivity contribution is 6.04. The maximum Gasteiger partial charge on any atom is 0.249 e. The highest BCUT2D eigenvalue weighted by atomic mass is 16.5. The fourth-order valence-electron chi connectivity index (χ4n) is 8.69. The highest BCUT2D eigenvalue weighted by Crippen LogP contribution is 2.59. The van der Waals surface area contributed by atoms with Crippen molar-refractivity contribution in [1.29, 1.82) is 0 Å². The van der Waals surface area contributed by atoms with Gasteiger partial charge in [0.15, 0.2) is 0 Å². The minimum absolute atomic E-state index is 0.227. The Hall–Kier alpha value is -4.03. The van der Waals surface area contributed by atoms with Crippen LogP contribution in [0.1, 0.15) is 25.8 Å². The number of benzene rings is 2. The lowest BCUT2D eigenvalue weighted by Gasteiger charge is -2.41. The van der Waals surface area contributed by atoms with Crippen LogP contribution in [0, 0.1) is 11.8 Å². The Morgan fingerprint density at radius 2 is 1.62 bits per heavy atom. The molecular formula is C39H48N4O7. The summed E-state index contributed by atoms with van der Waals surface area (Å²) in [6.45, 7) is 8.79.